The fourth-order valence-electron chi connectivity index (χ4n) is 0.957. The topological polar surface area (TPSA) is 48.9 Å². The van der Waals surface area contributed by atoms with E-state index in [0.29, 0.717) is 0 Å². The molecule has 0 fully saturated rings. The largest absolute Gasteiger partial charge is 0.396 e. The number of aromatic nitrogens is 2. The van der Waals surface area contributed by atoms with Crippen molar-refractivity contribution in [2.45, 2.75) is 20.3 Å². The second-order valence-electron chi connectivity index (χ2n) is 3.70. The number of H-pyrrole nitrogens is 1. The summed E-state index contributed by atoms with van der Waals surface area (Å²) in [7, 11) is 0. The fourth-order valence-corrected chi connectivity index (χ4v) is 1.29. The highest BCUT2D eigenvalue weighted by Crippen LogP contribution is 2.24. The van der Waals surface area contributed by atoms with Crippen LogP contribution in [0.2, 0.25) is 0 Å². The number of nitrogens with zero attached hydrogens (tertiary/aromatic N) is 1. The first-order chi connectivity index (χ1) is 5.55. The summed E-state index contributed by atoms with van der Waals surface area (Å²) in [6.45, 7) is 4.21. The Morgan fingerprint density at radius 2 is 2.33 bits per heavy atom. The number of hydrogen-bond donors (Lipinski definition) is 2. The zero-order valence-corrected chi connectivity index (χ0v) is 8.85. The maximum Gasteiger partial charge on any atom is 0.0632 e. The van der Waals surface area contributed by atoms with Crippen molar-refractivity contribution in [1.82, 2.24) is 10.2 Å². The molecule has 1 rings (SSSR count). The van der Waals surface area contributed by atoms with Gasteiger partial charge < -0.3 is 5.11 Å². The molecule has 0 unspecified atom stereocenters. The van der Waals surface area contributed by atoms with E-state index in [0.717, 1.165) is 16.6 Å². The van der Waals surface area contributed by atoms with Gasteiger partial charge in [-0.15, -0.1) is 0 Å². The zero-order valence-electron chi connectivity index (χ0n) is 7.26. The van der Waals surface area contributed by atoms with Gasteiger partial charge in [0.15, 0.2) is 0 Å². The standard InChI is InChI=1S/C8H13BrN2O/c1-8(2,5-12)3-7-6(9)4-10-11-7/h4,12H,3,5H2,1-2H3,(H,10,11). The zero-order chi connectivity index (χ0) is 9.19. The van der Waals surface area contributed by atoms with Crippen LogP contribution in [0, 0.1) is 5.41 Å². The summed E-state index contributed by atoms with van der Waals surface area (Å²) in [6, 6.07) is 0. The third-order valence-electron chi connectivity index (χ3n) is 1.75. The van der Waals surface area contributed by atoms with Crippen molar-refractivity contribution in [2.75, 3.05) is 6.61 Å². The monoisotopic (exact) mass is 232 g/mol. The molecular weight excluding hydrogens is 220 g/mol. The molecule has 1 heterocycles. The molecular formula is C8H13BrN2O. The maximum absolute atomic E-state index is 9.03. The average molecular weight is 233 g/mol. The summed E-state index contributed by atoms with van der Waals surface area (Å²) in [5.74, 6) is 0. The van der Waals surface area contributed by atoms with E-state index in [-0.39, 0.29) is 12.0 Å². The summed E-state index contributed by atoms with van der Waals surface area (Å²) >= 11 is 3.37. The fraction of sp³-hybridized carbons (Fsp3) is 0.625. The molecule has 68 valence electrons. The number of halogens is 1. The van der Waals surface area contributed by atoms with Crippen LogP contribution < -0.4 is 0 Å². The van der Waals surface area contributed by atoms with E-state index < -0.39 is 0 Å². The van der Waals surface area contributed by atoms with Crippen molar-refractivity contribution < 1.29 is 5.11 Å². The Morgan fingerprint density at radius 1 is 1.67 bits per heavy atom. The quantitative estimate of drug-likeness (QED) is 0.835. The Labute approximate surface area is 80.3 Å². The van der Waals surface area contributed by atoms with Gasteiger partial charge in [0.05, 0.1) is 10.7 Å². The molecule has 0 spiro atoms. The molecule has 0 aliphatic rings. The minimum absolute atomic E-state index is 0.0882. The smallest absolute Gasteiger partial charge is 0.0632 e. The summed E-state index contributed by atoms with van der Waals surface area (Å²) in [4.78, 5) is 0. The summed E-state index contributed by atoms with van der Waals surface area (Å²) < 4.78 is 0.976. The summed E-state index contributed by atoms with van der Waals surface area (Å²) in [5.41, 5.74) is 0.948. The highest BCUT2D eigenvalue weighted by Gasteiger charge is 2.19. The van der Waals surface area contributed by atoms with Crippen LogP contribution in [0.15, 0.2) is 10.7 Å². The van der Waals surface area contributed by atoms with Crippen LogP contribution in [-0.4, -0.2) is 21.9 Å². The predicted octanol–water partition coefficient (Wildman–Crippen LogP) is 1.73. The van der Waals surface area contributed by atoms with E-state index in [1.807, 2.05) is 13.8 Å². The molecule has 0 atom stereocenters. The Bertz CT molecular complexity index is 257. The molecule has 0 aliphatic carbocycles. The number of hydrogen-bond acceptors (Lipinski definition) is 2. The lowest BCUT2D eigenvalue weighted by Gasteiger charge is -2.20. The molecule has 0 radical (unpaired) electrons. The van der Waals surface area contributed by atoms with Crippen LogP contribution in [0.5, 0.6) is 0 Å². The van der Waals surface area contributed by atoms with Crippen molar-refractivity contribution in [3.63, 3.8) is 0 Å². The van der Waals surface area contributed by atoms with Crippen LogP contribution in [-0.2, 0) is 6.42 Å². The van der Waals surface area contributed by atoms with Crippen molar-refractivity contribution >= 4 is 15.9 Å². The van der Waals surface area contributed by atoms with Crippen molar-refractivity contribution in [3.8, 4) is 0 Å². The average Bonchev–Trinajstić information content (AvgIpc) is 2.36. The minimum Gasteiger partial charge on any atom is -0.396 e. The molecule has 0 amide bonds. The van der Waals surface area contributed by atoms with Crippen LogP contribution in [0.1, 0.15) is 19.5 Å². The van der Waals surface area contributed by atoms with Crippen molar-refractivity contribution in [3.05, 3.63) is 16.4 Å². The van der Waals surface area contributed by atoms with E-state index >= 15 is 0 Å². The van der Waals surface area contributed by atoms with Crippen LogP contribution in [0.4, 0.5) is 0 Å². The second kappa shape index (κ2) is 3.58. The number of nitrogens with one attached hydrogen (secondary N) is 1. The Hall–Kier alpha value is -0.350. The van der Waals surface area contributed by atoms with Gasteiger partial charge in [0.2, 0.25) is 0 Å². The van der Waals surface area contributed by atoms with E-state index in [1.54, 1.807) is 6.20 Å². The molecule has 0 bridgehead atoms. The lowest BCUT2D eigenvalue weighted by atomic mass is 9.89. The number of aromatic amines is 1. The Kier molecular flexibility index (Phi) is 2.90. The Balaban J connectivity index is 2.70. The third kappa shape index (κ3) is 2.32. The summed E-state index contributed by atoms with van der Waals surface area (Å²) in [6.07, 6.45) is 2.52. The first-order valence-corrected chi connectivity index (χ1v) is 4.63. The van der Waals surface area contributed by atoms with Crippen molar-refractivity contribution in [2.24, 2.45) is 5.41 Å². The van der Waals surface area contributed by atoms with Crippen LogP contribution in [0.3, 0.4) is 0 Å². The first-order valence-electron chi connectivity index (χ1n) is 3.84. The number of rotatable bonds is 3. The molecule has 12 heavy (non-hydrogen) atoms. The molecule has 1 aromatic heterocycles. The van der Waals surface area contributed by atoms with Gasteiger partial charge in [-0.2, -0.15) is 5.10 Å². The number of aliphatic hydroxyl groups excluding tert-OH is 1. The van der Waals surface area contributed by atoms with Crippen LogP contribution >= 0.6 is 15.9 Å². The third-order valence-corrected chi connectivity index (χ3v) is 2.43. The highest BCUT2D eigenvalue weighted by molar-refractivity contribution is 9.10. The summed E-state index contributed by atoms with van der Waals surface area (Å²) in [5, 5.41) is 15.8. The van der Waals surface area contributed by atoms with E-state index in [1.165, 1.54) is 0 Å². The normalized spacial score (nSPS) is 12.0. The minimum atomic E-state index is -0.0882. The Morgan fingerprint density at radius 3 is 2.75 bits per heavy atom. The molecule has 1 aromatic rings. The molecule has 3 nitrogen and oxygen atoms in total. The predicted molar refractivity (Wildman–Crippen MR) is 50.9 cm³/mol. The molecule has 0 aliphatic heterocycles. The van der Waals surface area contributed by atoms with Gasteiger partial charge in [-0.05, 0) is 27.8 Å². The SMILES string of the molecule is CC(C)(CO)Cc1[nH]ncc1Br. The molecule has 2 N–H and O–H groups in total. The molecule has 0 aromatic carbocycles. The number of aliphatic hydroxyl groups is 1. The van der Waals surface area contributed by atoms with E-state index in [9.17, 15) is 0 Å². The van der Waals surface area contributed by atoms with Crippen molar-refractivity contribution in [1.29, 1.82) is 0 Å². The lowest BCUT2D eigenvalue weighted by molar-refractivity contribution is 0.158. The molecule has 0 saturated heterocycles. The van der Waals surface area contributed by atoms with Gasteiger partial charge >= 0.3 is 0 Å². The maximum atomic E-state index is 9.03. The van der Waals surface area contributed by atoms with E-state index in [2.05, 4.69) is 26.1 Å². The molecule has 4 heteroatoms. The van der Waals surface area contributed by atoms with Gasteiger partial charge in [0.25, 0.3) is 0 Å². The van der Waals surface area contributed by atoms with Gasteiger partial charge in [0.1, 0.15) is 0 Å². The lowest BCUT2D eigenvalue weighted by Crippen LogP contribution is -2.20. The first kappa shape index (κ1) is 9.74. The second-order valence-corrected chi connectivity index (χ2v) is 4.55. The van der Waals surface area contributed by atoms with Crippen LogP contribution in [0.25, 0.3) is 0 Å². The van der Waals surface area contributed by atoms with Gasteiger partial charge in [-0.1, -0.05) is 13.8 Å². The molecule has 0 saturated carbocycles. The highest BCUT2D eigenvalue weighted by atomic mass is 79.9. The van der Waals surface area contributed by atoms with Gasteiger partial charge in [-0.25, -0.2) is 0 Å². The van der Waals surface area contributed by atoms with E-state index in [4.69, 9.17) is 5.11 Å². The van der Waals surface area contributed by atoms with Gasteiger partial charge in [0, 0.05) is 12.3 Å². The van der Waals surface area contributed by atoms with Gasteiger partial charge in [-0.3, -0.25) is 5.10 Å².